The summed E-state index contributed by atoms with van der Waals surface area (Å²) in [4.78, 5) is 77.9. The third-order valence-corrected chi connectivity index (χ3v) is 17.2. The molecule has 4 aliphatic heterocycles. The average Bonchev–Trinajstić information content (AvgIpc) is 4.04. The van der Waals surface area contributed by atoms with E-state index >= 15 is 0 Å². The maximum atomic E-state index is 12.9. The van der Waals surface area contributed by atoms with Gasteiger partial charge in [0.05, 0.1) is 29.9 Å². The molecule has 3 saturated heterocycles. The molecular formula is C63H76N8O9. The van der Waals surface area contributed by atoms with Gasteiger partial charge in [-0.1, -0.05) is 112 Å². The number of rotatable bonds is 10. The van der Waals surface area contributed by atoms with Gasteiger partial charge in [0.1, 0.15) is 29.2 Å². The van der Waals surface area contributed by atoms with Crippen LogP contribution in [0.4, 0.5) is 21.9 Å². The first-order valence-electron chi connectivity index (χ1n) is 28.1. The molecule has 3 fully saturated rings. The van der Waals surface area contributed by atoms with Crippen LogP contribution in [-0.2, 0) is 38.1 Å². The van der Waals surface area contributed by atoms with Gasteiger partial charge in [-0.15, -0.1) is 0 Å². The summed E-state index contributed by atoms with van der Waals surface area (Å²) in [5.74, 6) is 0.262. The second kappa shape index (κ2) is 23.9. The molecular weight excluding hydrogens is 1010 g/mol. The summed E-state index contributed by atoms with van der Waals surface area (Å²) in [6.45, 7) is 6.88. The lowest BCUT2D eigenvalue weighted by Gasteiger charge is -2.56. The number of imide groups is 2. The molecule has 17 nitrogen and oxygen atoms in total. The zero-order valence-electron chi connectivity index (χ0n) is 47.3. The summed E-state index contributed by atoms with van der Waals surface area (Å²) in [5, 5.41) is 18.0. The lowest BCUT2D eigenvalue weighted by atomic mass is 9.53. The Morgan fingerprint density at radius 2 is 1.38 bits per heavy atom. The first-order chi connectivity index (χ1) is 38.5. The Balaban J connectivity index is 0.000000130. The van der Waals surface area contributed by atoms with E-state index in [1.54, 1.807) is 18.7 Å². The number of aliphatic hydroxyl groups is 1. The molecule has 5 aromatic rings. The van der Waals surface area contributed by atoms with Crippen molar-refractivity contribution >= 4 is 46.7 Å². The predicted molar refractivity (Wildman–Crippen MR) is 309 cm³/mol. The molecule has 5 heterocycles. The maximum Gasteiger partial charge on any atom is 0.328 e. The summed E-state index contributed by atoms with van der Waals surface area (Å²) < 4.78 is 15.4. The highest BCUT2D eigenvalue weighted by molar-refractivity contribution is 6.23. The molecule has 5 atom stereocenters. The van der Waals surface area contributed by atoms with Gasteiger partial charge in [-0.2, -0.15) is 0 Å². The first kappa shape index (κ1) is 56.9. The largest absolute Gasteiger partial charge is 0.493 e. The van der Waals surface area contributed by atoms with Crippen molar-refractivity contribution in [3.8, 4) is 17.2 Å². The van der Waals surface area contributed by atoms with Crippen molar-refractivity contribution in [1.82, 2.24) is 24.9 Å². The van der Waals surface area contributed by atoms with Gasteiger partial charge in [-0.25, -0.2) is 19.5 Å². The summed E-state index contributed by atoms with van der Waals surface area (Å²) in [7, 11) is 9.58. The first-order valence-corrected chi connectivity index (χ1v) is 28.1. The number of aliphatic hydroxyl groups excluding tert-OH is 1. The number of hydrazine groups is 1. The fourth-order valence-electron chi connectivity index (χ4n) is 13.1. The van der Waals surface area contributed by atoms with Gasteiger partial charge in [0.2, 0.25) is 11.8 Å². The van der Waals surface area contributed by atoms with Crippen LogP contribution in [-0.4, -0.2) is 102 Å². The molecule has 1 spiro atoms. The van der Waals surface area contributed by atoms with Crippen LogP contribution in [0.15, 0.2) is 132 Å². The molecule has 2 bridgehead atoms. The van der Waals surface area contributed by atoms with Crippen molar-refractivity contribution in [3.05, 3.63) is 154 Å². The van der Waals surface area contributed by atoms with Crippen LogP contribution in [0.3, 0.4) is 0 Å². The molecule has 80 heavy (non-hydrogen) atoms. The van der Waals surface area contributed by atoms with Crippen LogP contribution >= 0.6 is 0 Å². The summed E-state index contributed by atoms with van der Waals surface area (Å²) in [6, 6.07) is 32.3. The van der Waals surface area contributed by atoms with E-state index in [1.807, 2.05) is 147 Å². The monoisotopic (exact) mass is 1090 g/mol. The molecule has 1 aromatic heterocycles. The van der Waals surface area contributed by atoms with E-state index in [9.17, 15) is 33.9 Å². The Morgan fingerprint density at radius 1 is 0.775 bits per heavy atom. The topological polar surface area (TPSA) is 188 Å². The van der Waals surface area contributed by atoms with Crippen LogP contribution in [0.2, 0.25) is 0 Å². The van der Waals surface area contributed by atoms with E-state index in [-0.39, 0.29) is 28.9 Å². The minimum absolute atomic E-state index is 0.0150. The van der Waals surface area contributed by atoms with Gasteiger partial charge in [-0.3, -0.25) is 39.3 Å². The number of aromatic nitrogens is 2. The van der Waals surface area contributed by atoms with Crippen LogP contribution in [0.5, 0.6) is 11.5 Å². The van der Waals surface area contributed by atoms with Crippen LogP contribution in [0.1, 0.15) is 94.9 Å². The van der Waals surface area contributed by atoms with E-state index in [0.29, 0.717) is 36.2 Å². The van der Waals surface area contributed by atoms with E-state index in [2.05, 4.69) is 41.6 Å². The van der Waals surface area contributed by atoms with E-state index in [1.165, 1.54) is 21.1 Å². The van der Waals surface area contributed by atoms with Crippen LogP contribution in [0.25, 0.3) is 5.69 Å². The Bertz CT molecular complexity index is 3150. The molecule has 422 valence electrons. The SMILES string of the molecule is CCC1(C2=CCCCCC2)C(=O)NC(=O)NC1=O.CCCCC1C(=O)N(c2ccccc2)N(c2ccccc2)C1=O.COc1ccc2c3c1O[C@H]1[C@@H](O)C=C[C@H]4[C@@H](C2)N(C)CC[C@@]341.Cc1c(N(C)C)c(=O)n(-c2ccccc2)n1C. The lowest BCUT2D eigenvalue weighted by molar-refractivity contribution is -0.142. The Labute approximate surface area is 468 Å². The number of carbonyl (C=O) groups excluding carboxylic acids is 5. The second-order valence-corrected chi connectivity index (χ2v) is 21.9. The molecule has 3 aliphatic carbocycles. The minimum atomic E-state index is -1.18. The Morgan fingerprint density at radius 3 is 1.93 bits per heavy atom. The number of anilines is 3. The number of barbiturate groups is 1. The molecule has 17 heteroatoms. The minimum Gasteiger partial charge on any atom is -0.493 e. The number of likely N-dealkylation sites (N-methyl/N-ethyl adjacent to an activating group) is 1. The van der Waals surface area contributed by atoms with Crippen molar-refractivity contribution < 1.29 is 38.6 Å². The van der Waals surface area contributed by atoms with Crippen LogP contribution in [0, 0.1) is 24.2 Å². The molecule has 4 aromatic carbocycles. The number of likely N-dealkylation sites (tertiary alicyclic amines) is 1. The molecule has 0 saturated carbocycles. The highest BCUT2D eigenvalue weighted by Gasteiger charge is 2.64. The van der Waals surface area contributed by atoms with Crippen molar-refractivity contribution in [2.24, 2.45) is 24.3 Å². The Hall–Kier alpha value is -7.76. The third kappa shape index (κ3) is 10.1. The zero-order chi connectivity index (χ0) is 57.0. The number of para-hydroxylation sites is 3. The number of nitrogens with zero attached hydrogens (tertiary/aromatic N) is 6. The third-order valence-electron chi connectivity index (χ3n) is 17.2. The van der Waals surface area contributed by atoms with Gasteiger partial charge in [-0.05, 0) is 125 Å². The molecule has 7 aliphatic rings. The predicted octanol–water partition coefficient (Wildman–Crippen LogP) is 8.48. The zero-order valence-corrected chi connectivity index (χ0v) is 47.3. The normalized spacial score (nSPS) is 23.4. The summed E-state index contributed by atoms with van der Waals surface area (Å²) in [5.41, 5.74) is 6.31. The number of hydrogen-bond donors (Lipinski definition) is 3. The number of hydrogen-bond acceptors (Lipinski definition) is 11. The molecule has 6 amide bonds. The van der Waals surface area contributed by atoms with Gasteiger partial charge in [0.25, 0.3) is 17.4 Å². The number of carbonyl (C=O) groups is 5. The fraction of sp³-hybridized carbons (Fsp3) is 0.429. The number of allylic oxidation sites excluding steroid dienone is 1. The smallest absolute Gasteiger partial charge is 0.328 e. The number of ether oxygens (including phenoxy) is 2. The molecule has 3 N–H and O–H groups in total. The number of nitrogens with one attached hydrogen (secondary N) is 2. The summed E-state index contributed by atoms with van der Waals surface area (Å²) in [6.07, 6.45) is 15.2. The average molecular weight is 1090 g/mol. The maximum absolute atomic E-state index is 12.9. The number of amides is 6. The quantitative estimate of drug-likeness (QED) is 0.0899. The van der Waals surface area contributed by atoms with Crippen molar-refractivity contribution in [2.75, 3.05) is 49.7 Å². The molecule has 0 radical (unpaired) electrons. The highest BCUT2D eigenvalue weighted by Crippen LogP contribution is 2.62. The van der Waals surface area contributed by atoms with E-state index in [0.717, 1.165) is 98.5 Å². The van der Waals surface area contributed by atoms with Crippen molar-refractivity contribution in [2.45, 2.75) is 115 Å². The molecule has 12 rings (SSSR count). The lowest BCUT2D eigenvalue weighted by Crippen LogP contribution is -2.64. The van der Waals surface area contributed by atoms with Gasteiger partial charge in [0, 0.05) is 44.1 Å². The summed E-state index contributed by atoms with van der Waals surface area (Å²) >= 11 is 0. The Kier molecular flexibility index (Phi) is 17.0. The highest BCUT2D eigenvalue weighted by atomic mass is 16.5. The number of methoxy groups -OCH3 is 1. The van der Waals surface area contributed by atoms with Gasteiger partial charge < -0.3 is 24.4 Å². The second-order valence-electron chi connectivity index (χ2n) is 21.9. The standard InChI is InChI=1S/C19H20N2O2.C18H21NO3.C13H17N3O.C13H18N2O3/c1-2-3-14-17-18(22)20(15-10-6-4-7-11-15)21(19(17)23)16-12-8-5-9-13-16;1-19-8-7-18-11-4-5-13(20)17(18)22-16-14(21-2)6-3-10(15(16)18)9-12(11)19;1-10-12(14(2)3)13(17)16(15(10)4)11-8-6-5-7-9-11;1-2-13(9-7-5-3-4-6-8-9)10(16)14-12(18)15-11(13)17/h4-13,17H,2-3,14H2,1H3;3-6,11-13,17,20H,7-9H2,1-2H3;5-9H,1-4H3;7H,2-6,8H2,1H3,(H2,14,15,16,17,18)/t;11-,12+,13-,17-,18-;;/m.0../s1. The number of unbranched alkanes of at least 4 members (excludes halogenated alkanes) is 1. The van der Waals surface area contributed by atoms with Gasteiger partial charge >= 0.3 is 6.03 Å². The van der Waals surface area contributed by atoms with Crippen LogP contribution < -0.4 is 40.6 Å². The molecule has 0 unspecified atom stereocenters. The fourth-order valence-corrected chi connectivity index (χ4v) is 13.1. The number of piperidine rings is 1. The van der Waals surface area contributed by atoms with E-state index < -0.39 is 35.3 Å². The van der Waals surface area contributed by atoms with E-state index in [4.69, 9.17) is 9.47 Å². The number of benzene rings is 4. The van der Waals surface area contributed by atoms with Crippen molar-refractivity contribution in [1.29, 1.82) is 0 Å². The van der Waals surface area contributed by atoms with Crippen molar-refractivity contribution in [3.63, 3.8) is 0 Å². The number of urea groups is 1. The van der Waals surface area contributed by atoms with Gasteiger partial charge in [0.15, 0.2) is 11.5 Å².